The highest BCUT2D eigenvalue weighted by molar-refractivity contribution is 5.22. The summed E-state index contributed by atoms with van der Waals surface area (Å²) in [6.07, 6.45) is 5.14. The largest absolute Gasteiger partial charge is 0.487 e. The van der Waals surface area contributed by atoms with Crippen LogP contribution >= 0.6 is 0 Å². The van der Waals surface area contributed by atoms with Gasteiger partial charge in [-0.2, -0.15) is 10.2 Å². The third-order valence-electron chi connectivity index (χ3n) is 4.66. The van der Waals surface area contributed by atoms with Gasteiger partial charge in [0.25, 0.3) is 0 Å². The molecule has 0 saturated heterocycles. The van der Waals surface area contributed by atoms with Crippen LogP contribution in [0.5, 0.6) is 0 Å². The van der Waals surface area contributed by atoms with Crippen LogP contribution in [0.3, 0.4) is 0 Å². The zero-order valence-corrected chi connectivity index (χ0v) is 12.1. The lowest BCUT2D eigenvalue weighted by Gasteiger charge is -2.37. The Morgan fingerprint density at radius 1 is 1.32 bits per heavy atom. The van der Waals surface area contributed by atoms with Crippen molar-refractivity contribution in [1.82, 2.24) is 10.2 Å². The van der Waals surface area contributed by atoms with Crippen molar-refractivity contribution < 1.29 is 4.74 Å². The molecule has 1 aliphatic carbocycles. The van der Waals surface area contributed by atoms with Crippen LogP contribution in [0, 0.1) is 5.41 Å². The van der Waals surface area contributed by atoms with Crippen LogP contribution in [0.2, 0.25) is 0 Å². The standard InChI is InChI=1S/C16H22N2O/c1-5-11-19-12-13-7-8-14(18-17-13)16(4)10-6-9-15(16,2)3/h7-8,11H,1,6,9-10,12H2,2-4H3. The maximum Gasteiger partial charge on any atom is 0.132 e. The molecule has 0 radical (unpaired) electrons. The second kappa shape index (κ2) is 5.18. The second-order valence-corrected chi connectivity index (χ2v) is 6.11. The summed E-state index contributed by atoms with van der Waals surface area (Å²) in [7, 11) is 0. The molecular weight excluding hydrogens is 236 g/mol. The quantitative estimate of drug-likeness (QED) is 0.609. The van der Waals surface area contributed by atoms with Gasteiger partial charge >= 0.3 is 0 Å². The highest BCUT2D eigenvalue weighted by Crippen LogP contribution is 2.52. The Bertz CT molecular complexity index is 486. The van der Waals surface area contributed by atoms with Gasteiger partial charge in [0.2, 0.25) is 0 Å². The SMILES string of the molecule is C=C=COCc1ccc(C2(C)CCCC2(C)C)nn1. The van der Waals surface area contributed by atoms with Gasteiger partial charge < -0.3 is 4.74 Å². The first-order chi connectivity index (χ1) is 8.99. The van der Waals surface area contributed by atoms with E-state index in [-0.39, 0.29) is 10.8 Å². The molecule has 19 heavy (non-hydrogen) atoms. The van der Waals surface area contributed by atoms with Crippen LogP contribution in [0.15, 0.2) is 30.7 Å². The number of aromatic nitrogens is 2. The van der Waals surface area contributed by atoms with E-state index in [0.29, 0.717) is 6.61 Å². The highest BCUT2D eigenvalue weighted by Gasteiger charge is 2.47. The minimum Gasteiger partial charge on any atom is -0.487 e. The Hall–Kier alpha value is -1.60. The van der Waals surface area contributed by atoms with E-state index in [1.165, 1.54) is 25.5 Å². The predicted octanol–water partition coefficient (Wildman–Crippen LogP) is 3.76. The maximum atomic E-state index is 5.20. The summed E-state index contributed by atoms with van der Waals surface area (Å²) in [6, 6.07) is 4.09. The minimum absolute atomic E-state index is 0.125. The molecule has 2 rings (SSSR count). The van der Waals surface area contributed by atoms with Gasteiger partial charge in [-0.05, 0) is 30.4 Å². The monoisotopic (exact) mass is 258 g/mol. The molecule has 1 fully saturated rings. The van der Waals surface area contributed by atoms with Crippen LogP contribution in [-0.4, -0.2) is 10.2 Å². The van der Waals surface area contributed by atoms with Gasteiger partial charge in [-0.25, -0.2) is 0 Å². The fourth-order valence-electron chi connectivity index (χ4n) is 2.89. The molecule has 3 nitrogen and oxygen atoms in total. The third-order valence-corrected chi connectivity index (χ3v) is 4.66. The fourth-order valence-corrected chi connectivity index (χ4v) is 2.89. The summed E-state index contributed by atoms with van der Waals surface area (Å²) in [6.45, 7) is 10.8. The summed E-state index contributed by atoms with van der Waals surface area (Å²) in [5, 5.41) is 8.69. The van der Waals surface area contributed by atoms with Gasteiger partial charge in [0.05, 0.1) is 5.69 Å². The topological polar surface area (TPSA) is 35.0 Å². The van der Waals surface area contributed by atoms with Crippen molar-refractivity contribution in [3.8, 4) is 0 Å². The van der Waals surface area contributed by atoms with Crippen molar-refractivity contribution in [3.63, 3.8) is 0 Å². The van der Waals surface area contributed by atoms with E-state index in [2.05, 4.69) is 49.3 Å². The molecule has 0 N–H and O–H groups in total. The molecular formula is C16H22N2O. The molecule has 0 amide bonds. The van der Waals surface area contributed by atoms with Gasteiger partial charge in [-0.3, -0.25) is 0 Å². The summed E-state index contributed by atoms with van der Waals surface area (Å²) in [5.41, 5.74) is 4.90. The highest BCUT2D eigenvalue weighted by atomic mass is 16.5. The van der Waals surface area contributed by atoms with Gasteiger partial charge in [-0.1, -0.05) is 39.5 Å². The molecule has 1 aromatic rings. The number of rotatable bonds is 4. The lowest BCUT2D eigenvalue weighted by Crippen LogP contribution is -2.35. The summed E-state index contributed by atoms with van der Waals surface area (Å²) < 4.78 is 5.20. The molecule has 1 atom stereocenters. The van der Waals surface area contributed by atoms with Crippen molar-refractivity contribution in [1.29, 1.82) is 0 Å². The summed E-state index contributed by atoms with van der Waals surface area (Å²) in [4.78, 5) is 0. The third kappa shape index (κ3) is 2.57. The molecule has 1 heterocycles. The Morgan fingerprint density at radius 3 is 2.63 bits per heavy atom. The zero-order valence-electron chi connectivity index (χ0n) is 12.1. The van der Waals surface area contributed by atoms with Crippen molar-refractivity contribution in [2.24, 2.45) is 5.41 Å². The Balaban J connectivity index is 2.16. The Kier molecular flexibility index (Phi) is 3.77. The molecule has 1 aromatic heterocycles. The lowest BCUT2D eigenvalue weighted by atomic mass is 9.67. The minimum atomic E-state index is 0.125. The Labute approximate surface area is 115 Å². The number of hydrogen-bond donors (Lipinski definition) is 0. The first-order valence-electron chi connectivity index (χ1n) is 6.79. The average Bonchev–Trinajstić information content (AvgIpc) is 2.66. The van der Waals surface area contributed by atoms with Crippen LogP contribution in [0.4, 0.5) is 0 Å². The molecule has 1 unspecified atom stereocenters. The average molecular weight is 258 g/mol. The number of hydrogen-bond acceptors (Lipinski definition) is 3. The predicted molar refractivity (Wildman–Crippen MR) is 75.5 cm³/mol. The van der Waals surface area contributed by atoms with E-state index in [4.69, 9.17) is 4.74 Å². The van der Waals surface area contributed by atoms with Crippen LogP contribution in [0.1, 0.15) is 51.4 Å². The van der Waals surface area contributed by atoms with Crippen LogP contribution in [0.25, 0.3) is 0 Å². The van der Waals surface area contributed by atoms with Crippen LogP contribution < -0.4 is 0 Å². The van der Waals surface area contributed by atoms with E-state index >= 15 is 0 Å². The van der Waals surface area contributed by atoms with Crippen molar-refractivity contribution in [2.45, 2.75) is 52.1 Å². The molecule has 0 aliphatic heterocycles. The molecule has 1 saturated carbocycles. The Morgan fingerprint density at radius 2 is 2.11 bits per heavy atom. The fraction of sp³-hybridized carbons (Fsp3) is 0.562. The van der Waals surface area contributed by atoms with Gasteiger partial charge in [0.1, 0.15) is 18.6 Å². The lowest BCUT2D eigenvalue weighted by molar-refractivity contribution is 0.214. The molecule has 1 aliphatic rings. The first kappa shape index (κ1) is 13.8. The smallest absolute Gasteiger partial charge is 0.132 e. The first-order valence-corrected chi connectivity index (χ1v) is 6.79. The van der Waals surface area contributed by atoms with E-state index in [1.807, 2.05) is 6.07 Å². The van der Waals surface area contributed by atoms with Gasteiger partial charge in [-0.15, -0.1) is 0 Å². The molecule has 102 valence electrons. The van der Waals surface area contributed by atoms with E-state index in [9.17, 15) is 0 Å². The molecule has 0 bridgehead atoms. The second-order valence-electron chi connectivity index (χ2n) is 6.11. The zero-order chi connectivity index (χ0) is 13.9. The van der Waals surface area contributed by atoms with Gasteiger partial charge in [0, 0.05) is 5.41 Å². The van der Waals surface area contributed by atoms with Crippen LogP contribution in [-0.2, 0) is 16.8 Å². The number of nitrogens with zero attached hydrogens (tertiary/aromatic N) is 2. The van der Waals surface area contributed by atoms with Crippen molar-refractivity contribution in [3.05, 3.63) is 42.1 Å². The summed E-state index contributed by atoms with van der Waals surface area (Å²) in [5.74, 6) is 0. The number of ether oxygens (including phenoxy) is 1. The molecule has 0 spiro atoms. The van der Waals surface area contributed by atoms with E-state index in [0.717, 1.165) is 11.4 Å². The van der Waals surface area contributed by atoms with Crippen molar-refractivity contribution in [2.75, 3.05) is 0 Å². The van der Waals surface area contributed by atoms with Gasteiger partial charge in [0.15, 0.2) is 0 Å². The molecule has 0 aromatic carbocycles. The van der Waals surface area contributed by atoms with Crippen molar-refractivity contribution >= 4 is 0 Å². The van der Waals surface area contributed by atoms with E-state index in [1.54, 1.807) is 0 Å². The van der Waals surface area contributed by atoms with E-state index < -0.39 is 0 Å². The molecule has 3 heteroatoms. The summed E-state index contributed by atoms with van der Waals surface area (Å²) >= 11 is 0. The normalized spacial score (nSPS) is 24.8. The maximum absolute atomic E-state index is 5.20.